The average Bonchev–Trinajstić information content (AvgIpc) is 2.97. The van der Waals surface area contributed by atoms with E-state index in [1.807, 2.05) is 31.2 Å². The number of nitrogens with one attached hydrogen (secondary N) is 2. The van der Waals surface area contributed by atoms with Crippen LogP contribution in [-0.4, -0.2) is 18.2 Å². The lowest BCUT2D eigenvalue weighted by Gasteiger charge is -2.06. The summed E-state index contributed by atoms with van der Waals surface area (Å²) in [5, 5.41) is 7.02. The molecule has 0 unspecified atom stereocenters. The fraction of sp³-hybridized carbons (Fsp3) is 0.200. The van der Waals surface area contributed by atoms with E-state index in [-0.39, 0.29) is 12.5 Å². The highest BCUT2D eigenvalue weighted by Crippen LogP contribution is 2.08. The van der Waals surface area contributed by atoms with Crippen molar-refractivity contribution < 1.29 is 9.21 Å². The van der Waals surface area contributed by atoms with Crippen LogP contribution in [0.3, 0.4) is 0 Å². The normalized spacial score (nSPS) is 11.2. The van der Waals surface area contributed by atoms with E-state index in [0.29, 0.717) is 11.5 Å². The fourth-order valence-electron chi connectivity index (χ4n) is 1.66. The van der Waals surface area contributed by atoms with Crippen LogP contribution in [0.15, 0.2) is 52.2 Å². The molecule has 0 bridgehead atoms. The molecule has 0 saturated heterocycles. The molecular formula is C15H17N3O2. The molecule has 0 spiro atoms. The first kappa shape index (κ1) is 13.9. The monoisotopic (exact) mass is 271 g/mol. The second-order valence-corrected chi connectivity index (χ2v) is 4.43. The van der Waals surface area contributed by atoms with Crippen LogP contribution >= 0.6 is 0 Å². The van der Waals surface area contributed by atoms with Crippen molar-refractivity contribution in [3.05, 3.63) is 54.0 Å². The Hall–Kier alpha value is -2.56. The van der Waals surface area contributed by atoms with Crippen LogP contribution in [0.1, 0.15) is 18.2 Å². The molecule has 1 aromatic heterocycles. The summed E-state index contributed by atoms with van der Waals surface area (Å²) >= 11 is 0. The zero-order valence-corrected chi connectivity index (χ0v) is 11.5. The Morgan fingerprint density at radius 2 is 2.15 bits per heavy atom. The molecule has 0 radical (unpaired) electrons. The SMILES string of the molecule is C/C(=N\NC(=O)CNc1cccc(C)c1)c1ccco1. The Labute approximate surface area is 117 Å². The molecule has 104 valence electrons. The van der Waals surface area contributed by atoms with Gasteiger partial charge in [-0.15, -0.1) is 0 Å². The Bertz CT molecular complexity index is 603. The van der Waals surface area contributed by atoms with Crippen LogP contribution < -0.4 is 10.7 Å². The number of amides is 1. The summed E-state index contributed by atoms with van der Waals surface area (Å²) in [7, 11) is 0. The van der Waals surface area contributed by atoms with Gasteiger partial charge in [-0.2, -0.15) is 5.10 Å². The second kappa shape index (κ2) is 6.56. The van der Waals surface area contributed by atoms with Gasteiger partial charge in [0.1, 0.15) is 11.5 Å². The highest BCUT2D eigenvalue weighted by atomic mass is 16.3. The average molecular weight is 271 g/mol. The van der Waals surface area contributed by atoms with Crippen LogP contribution in [0.25, 0.3) is 0 Å². The minimum absolute atomic E-state index is 0.165. The third kappa shape index (κ3) is 3.98. The molecule has 5 nitrogen and oxygen atoms in total. The van der Waals surface area contributed by atoms with Gasteiger partial charge in [0, 0.05) is 5.69 Å². The van der Waals surface area contributed by atoms with E-state index < -0.39 is 0 Å². The van der Waals surface area contributed by atoms with Gasteiger partial charge in [0.05, 0.1) is 12.8 Å². The van der Waals surface area contributed by atoms with Crippen molar-refractivity contribution in [2.45, 2.75) is 13.8 Å². The van der Waals surface area contributed by atoms with Gasteiger partial charge in [-0.25, -0.2) is 5.43 Å². The summed E-state index contributed by atoms with van der Waals surface area (Å²) in [4.78, 5) is 11.7. The Morgan fingerprint density at radius 1 is 1.30 bits per heavy atom. The van der Waals surface area contributed by atoms with Crippen LogP contribution in [-0.2, 0) is 4.79 Å². The van der Waals surface area contributed by atoms with Crippen LogP contribution in [0.2, 0.25) is 0 Å². The number of carbonyl (C=O) groups excluding carboxylic acids is 1. The molecule has 0 atom stereocenters. The van der Waals surface area contributed by atoms with E-state index in [1.165, 1.54) is 0 Å². The lowest BCUT2D eigenvalue weighted by atomic mass is 10.2. The summed E-state index contributed by atoms with van der Waals surface area (Å²) in [6.45, 7) is 3.94. The summed E-state index contributed by atoms with van der Waals surface area (Å²) in [6.07, 6.45) is 1.56. The van der Waals surface area contributed by atoms with Gasteiger partial charge < -0.3 is 9.73 Å². The maximum atomic E-state index is 11.7. The molecule has 5 heteroatoms. The minimum atomic E-state index is -0.211. The van der Waals surface area contributed by atoms with Gasteiger partial charge in [0.15, 0.2) is 0 Å². The van der Waals surface area contributed by atoms with Crippen LogP contribution in [0.5, 0.6) is 0 Å². The number of aryl methyl sites for hydroxylation is 1. The summed E-state index contributed by atoms with van der Waals surface area (Å²) in [6, 6.07) is 11.4. The van der Waals surface area contributed by atoms with E-state index in [2.05, 4.69) is 15.8 Å². The number of hydrazone groups is 1. The molecule has 1 amide bonds. The van der Waals surface area contributed by atoms with Crippen molar-refractivity contribution in [1.29, 1.82) is 0 Å². The van der Waals surface area contributed by atoms with E-state index in [0.717, 1.165) is 11.3 Å². The molecule has 1 aromatic carbocycles. The molecular weight excluding hydrogens is 254 g/mol. The smallest absolute Gasteiger partial charge is 0.259 e. The molecule has 0 fully saturated rings. The minimum Gasteiger partial charge on any atom is -0.463 e. The van der Waals surface area contributed by atoms with E-state index in [9.17, 15) is 4.79 Å². The number of nitrogens with zero attached hydrogens (tertiary/aromatic N) is 1. The van der Waals surface area contributed by atoms with E-state index >= 15 is 0 Å². The highest BCUT2D eigenvalue weighted by Gasteiger charge is 2.03. The van der Waals surface area contributed by atoms with Crippen LogP contribution in [0, 0.1) is 6.92 Å². The second-order valence-electron chi connectivity index (χ2n) is 4.43. The zero-order chi connectivity index (χ0) is 14.4. The van der Waals surface area contributed by atoms with Crippen molar-refractivity contribution in [2.24, 2.45) is 5.10 Å². The number of hydrogen-bond acceptors (Lipinski definition) is 4. The van der Waals surface area contributed by atoms with Crippen molar-refractivity contribution in [2.75, 3.05) is 11.9 Å². The van der Waals surface area contributed by atoms with Crippen molar-refractivity contribution in [3.8, 4) is 0 Å². The first-order valence-electron chi connectivity index (χ1n) is 6.32. The predicted octanol–water partition coefficient (Wildman–Crippen LogP) is 2.54. The van der Waals surface area contributed by atoms with Crippen molar-refractivity contribution >= 4 is 17.3 Å². The number of furan rings is 1. The fourth-order valence-corrected chi connectivity index (χ4v) is 1.66. The van der Waals surface area contributed by atoms with E-state index in [1.54, 1.807) is 25.3 Å². The Balaban J connectivity index is 1.83. The van der Waals surface area contributed by atoms with Crippen molar-refractivity contribution in [3.63, 3.8) is 0 Å². The quantitative estimate of drug-likeness (QED) is 0.648. The molecule has 2 aromatic rings. The summed E-state index contributed by atoms with van der Waals surface area (Å²) in [5.74, 6) is 0.425. The Kier molecular flexibility index (Phi) is 4.55. The number of carbonyl (C=O) groups is 1. The van der Waals surface area contributed by atoms with Crippen molar-refractivity contribution in [1.82, 2.24) is 5.43 Å². The van der Waals surface area contributed by atoms with Gasteiger partial charge in [-0.05, 0) is 43.7 Å². The number of anilines is 1. The van der Waals surface area contributed by atoms with Gasteiger partial charge >= 0.3 is 0 Å². The van der Waals surface area contributed by atoms with Gasteiger partial charge in [-0.1, -0.05) is 12.1 Å². The third-order valence-electron chi connectivity index (χ3n) is 2.70. The molecule has 2 N–H and O–H groups in total. The van der Waals surface area contributed by atoms with E-state index in [4.69, 9.17) is 4.42 Å². The maximum Gasteiger partial charge on any atom is 0.259 e. The molecule has 2 rings (SSSR count). The van der Waals surface area contributed by atoms with Gasteiger partial charge in [-0.3, -0.25) is 4.79 Å². The molecule has 0 saturated carbocycles. The highest BCUT2D eigenvalue weighted by molar-refractivity contribution is 5.96. The lowest BCUT2D eigenvalue weighted by Crippen LogP contribution is -2.26. The molecule has 1 heterocycles. The number of rotatable bonds is 5. The van der Waals surface area contributed by atoms with Gasteiger partial charge in [0.25, 0.3) is 5.91 Å². The van der Waals surface area contributed by atoms with Crippen LogP contribution in [0.4, 0.5) is 5.69 Å². The van der Waals surface area contributed by atoms with Gasteiger partial charge in [0.2, 0.25) is 0 Å². The lowest BCUT2D eigenvalue weighted by molar-refractivity contribution is -0.119. The first-order valence-corrected chi connectivity index (χ1v) is 6.32. The molecule has 0 aliphatic carbocycles. The topological polar surface area (TPSA) is 66.6 Å². The predicted molar refractivity (Wildman–Crippen MR) is 78.7 cm³/mol. The summed E-state index contributed by atoms with van der Waals surface area (Å²) < 4.78 is 5.17. The third-order valence-corrected chi connectivity index (χ3v) is 2.70. The Morgan fingerprint density at radius 3 is 2.85 bits per heavy atom. The first-order chi connectivity index (χ1) is 9.65. The zero-order valence-electron chi connectivity index (χ0n) is 11.5. The molecule has 0 aliphatic heterocycles. The largest absolute Gasteiger partial charge is 0.463 e. The summed E-state index contributed by atoms with van der Waals surface area (Å²) in [5.41, 5.74) is 5.16. The standard InChI is InChI=1S/C15H17N3O2/c1-11-5-3-6-13(9-11)16-10-15(19)18-17-12(2)14-7-4-8-20-14/h3-9,16H,10H2,1-2H3,(H,18,19)/b17-12+. The molecule has 0 aliphatic rings. The molecule has 20 heavy (non-hydrogen) atoms. The number of benzene rings is 1. The number of hydrogen-bond donors (Lipinski definition) is 2. The maximum absolute atomic E-state index is 11.7.